The van der Waals surface area contributed by atoms with E-state index in [0.29, 0.717) is 30.0 Å². The Balaban J connectivity index is 0.00000225. The Hall–Kier alpha value is -2.35. The SMILES string of the molecule is Cc1cccc(-n2nc(-c3cccc(F)c3)nc2[C@H]2CC[C@@H](O)[C@H](N)C2)n1.Cl. The maximum absolute atomic E-state index is 13.7. The summed E-state index contributed by atoms with van der Waals surface area (Å²) in [6.07, 6.45) is 1.52. The fourth-order valence-corrected chi connectivity index (χ4v) is 3.58. The molecule has 0 spiro atoms. The minimum atomic E-state index is -0.489. The number of pyridine rings is 1. The van der Waals surface area contributed by atoms with E-state index in [4.69, 9.17) is 10.7 Å². The summed E-state index contributed by atoms with van der Waals surface area (Å²) in [7, 11) is 0. The van der Waals surface area contributed by atoms with Crippen molar-refractivity contribution in [2.45, 2.75) is 44.2 Å². The predicted molar refractivity (Wildman–Crippen MR) is 107 cm³/mol. The lowest BCUT2D eigenvalue weighted by atomic mass is 9.83. The number of aliphatic hydroxyl groups excluding tert-OH is 1. The molecule has 3 aromatic rings. The Labute approximate surface area is 169 Å². The van der Waals surface area contributed by atoms with Gasteiger partial charge in [0.2, 0.25) is 0 Å². The van der Waals surface area contributed by atoms with Gasteiger partial charge in [0.1, 0.15) is 11.6 Å². The molecule has 3 atom stereocenters. The fourth-order valence-electron chi connectivity index (χ4n) is 3.58. The third-order valence-corrected chi connectivity index (χ3v) is 5.03. The molecule has 1 aromatic carbocycles. The third-order valence-electron chi connectivity index (χ3n) is 5.03. The topological polar surface area (TPSA) is 89.8 Å². The van der Waals surface area contributed by atoms with Gasteiger partial charge in [-0.2, -0.15) is 4.68 Å². The summed E-state index contributed by atoms with van der Waals surface area (Å²) < 4.78 is 15.4. The monoisotopic (exact) mass is 403 g/mol. The molecule has 148 valence electrons. The first kappa shape index (κ1) is 20.4. The summed E-state index contributed by atoms with van der Waals surface area (Å²) in [6.45, 7) is 1.92. The van der Waals surface area contributed by atoms with Crippen LogP contribution in [0.1, 0.15) is 36.7 Å². The van der Waals surface area contributed by atoms with Gasteiger partial charge in [-0.05, 0) is 50.5 Å². The van der Waals surface area contributed by atoms with Crippen molar-refractivity contribution in [2.24, 2.45) is 5.73 Å². The smallest absolute Gasteiger partial charge is 0.182 e. The second kappa shape index (κ2) is 8.34. The number of nitrogens with zero attached hydrogens (tertiary/aromatic N) is 4. The van der Waals surface area contributed by atoms with Crippen LogP contribution in [0.2, 0.25) is 0 Å². The van der Waals surface area contributed by atoms with Crippen molar-refractivity contribution in [1.82, 2.24) is 19.7 Å². The van der Waals surface area contributed by atoms with E-state index in [0.717, 1.165) is 17.9 Å². The Bertz CT molecular complexity index is 963. The zero-order valence-corrected chi connectivity index (χ0v) is 16.3. The predicted octanol–water partition coefficient (Wildman–Crippen LogP) is 3.15. The lowest BCUT2D eigenvalue weighted by molar-refractivity contribution is 0.0989. The highest BCUT2D eigenvalue weighted by Crippen LogP contribution is 2.33. The van der Waals surface area contributed by atoms with Crippen molar-refractivity contribution in [3.63, 3.8) is 0 Å². The van der Waals surface area contributed by atoms with Crippen LogP contribution in [0, 0.1) is 12.7 Å². The van der Waals surface area contributed by atoms with Crippen molar-refractivity contribution < 1.29 is 9.50 Å². The molecule has 3 N–H and O–H groups in total. The highest BCUT2D eigenvalue weighted by Gasteiger charge is 2.31. The first-order chi connectivity index (χ1) is 13.0. The van der Waals surface area contributed by atoms with Crippen LogP contribution in [0.5, 0.6) is 0 Å². The molecule has 1 fully saturated rings. The van der Waals surface area contributed by atoms with E-state index in [-0.39, 0.29) is 30.2 Å². The van der Waals surface area contributed by atoms with E-state index in [2.05, 4.69) is 10.1 Å². The van der Waals surface area contributed by atoms with Crippen LogP contribution in [-0.2, 0) is 0 Å². The highest BCUT2D eigenvalue weighted by molar-refractivity contribution is 5.85. The summed E-state index contributed by atoms with van der Waals surface area (Å²) in [6, 6.07) is 11.7. The summed E-state index contributed by atoms with van der Waals surface area (Å²) in [5.74, 6) is 1.59. The lowest BCUT2D eigenvalue weighted by Crippen LogP contribution is -2.40. The molecule has 1 aliphatic rings. The number of halogens is 2. The van der Waals surface area contributed by atoms with Gasteiger partial charge < -0.3 is 10.8 Å². The van der Waals surface area contributed by atoms with Crippen molar-refractivity contribution in [3.05, 3.63) is 59.8 Å². The van der Waals surface area contributed by atoms with Crippen molar-refractivity contribution in [2.75, 3.05) is 0 Å². The molecule has 1 aliphatic carbocycles. The van der Waals surface area contributed by atoms with E-state index in [1.54, 1.807) is 16.8 Å². The first-order valence-electron chi connectivity index (χ1n) is 9.12. The Kier molecular flexibility index (Phi) is 6.07. The zero-order chi connectivity index (χ0) is 19.0. The molecule has 0 amide bonds. The molecular weight excluding hydrogens is 381 g/mol. The quantitative estimate of drug-likeness (QED) is 0.701. The lowest BCUT2D eigenvalue weighted by Gasteiger charge is -2.30. The molecule has 0 radical (unpaired) electrons. The Morgan fingerprint density at radius 1 is 1.14 bits per heavy atom. The van der Waals surface area contributed by atoms with Gasteiger partial charge in [0.15, 0.2) is 11.6 Å². The number of nitrogens with two attached hydrogens (primary N) is 1. The van der Waals surface area contributed by atoms with Crippen LogP contribution in [0.25, 0.3) is 17.2 Å². The van der Waals surface area contributed by atoms with Gasteiger partial charge in [0, 0.05) is 23.2 Å². The molecule has 2 aromatic heterocycles. The molecular formula is C20H23ClFN5O. The Morgan fingerprint density at radius 2 is 1.93 bits per heavy atom. The van der Waals surface area contributed by atoms with Crippen molar-refractivity contribution >= 4 is 12.4 Å². The highest BCUT2D eigenvalue weighted by atomic mass is 35.5. The normalized spacial score (nSPS) is 21.9. The molecule has 28 heavy (non-hydrogen) atoms. The van der Waals surface area contributed by atoms with E-state index in [1.807, 2.05) is 25.1 Å². The average molecular weight is 404 g/mol. The zero-order valence-electron chi connectivity index (χ0n) is 15.5. The van der Waals surface area contributed by atoms with Gasteiger partial charge >= 0.3 is 0 Å². The van der Waals surface area contributed by atoms with E-state index >= 15 is 0 Å². The number of aliphatic hydroxyl groups is 1. The third kappa shape index (κ3) is 4.06. The number of aryl methyl sites for hydroxylation is 1. The number of rotatable bonds is 3. The van der Waals surface area contributed by atoms with Crippen LogP contribution in [-0.4, -0.2) is 37.0 Å². The maximum atomic E-state index is 13.7. The molecule has 0 aliphatic heterocycles. The van der Waals surface area contributed by atoms with Crippen LogP contribution in [0.15, 0.2) is 42.5 Å². The molecule has 8 heteroatoms. The molecule has 6 nitrogen and oxygen atoms in total. The maximum Gasteiger partial charge on any atom is 0.182 e. The second-order valence-corrected chi connectivity index (χ2v) is 7.09. The fraction of sp³-hybridized carbons (Fsp3) is 0.350. The van der Waals surface area contributed by atoms with Gasteiger partial charge in [-0.1, -0.05) is 18.2 Å². The van der Waals surface area contributed by atoms with Gasteiger partial charge in [0.25, 0.3) is 0 Å². The van der Waals surface area contributed by atoms with E-state index < -0.39 is 6.10 Å². The molecule has 4 rings (SSSR count). The van der Waals surface area contributed by atoms with Crippen LogP contribution in [0.4, 0.5) is 4.39 Å². The second-order valence-electron chi connectivity index (χ2n) is 7.09. The van der Waals surface area contributed by atoms with Crippen LogP contribution in [0.3, 0.4) is 0 Å². The number of aromatic nitrogens is 4. The largest absolute Gasteiger partial charge is 0.392 e. The average Bonchev–Trinajstić information content (AvgIpc) is 3.09. The summed E-state index contributed by atoms with van der Waals surface area (Å²) in [5.41, 5.74) is 7.57. The first-order valence-corrected chi connectivity index (χ1v) is 9.12. The van der Waals surface area contributed by atoms with Gasteiger partial charge in [-0.15, -0.1) is 17.5 Å². The van der Waals surface area contributed by atoms with Gasteiger partial charge in [-0.25, -0.2) is 14.4 Å². The van der Waals surface area contributed by atoms with Gasteiger partial charge in [0.05, 0.1) is 6.10 Å². The summed E-state index contributed by atoms with van der Waals surface area (Å²) in [5, 5.41) is 14.6. The Morgan fingerprint density at radius 3 is 2.64 bits per heavy atom. The minimum Gasteiger partial charge on any atom is -0.392 e. The number of hydrogen-bond donors (Lipinski definition) is 2. The van der Waals surface area contributed by atoms with Crippen LogP contribution >= 0.6 is 12.4 Å². The molecule has 0 unspecified atom stereocenters. The summed E-state index contributed by atoms with van der Waals surface area (Å²) in [4.78, 5) is 9.28. The van der Waals surface area contributed by atoms with E-state index in [9.17, 15) is 9.50 Å². The van der Waals surface area contributed by atoms with Crippen molar-refractivity contribution in [1.29, 1.82) is 0 Å². The standard InChI is InChI=1S/C20H22FN5O.ClH/c1-12-4-2-7-18(23-12)26-20(14-8-9-17(27)16(22)11-14)24-19(25-26)13-5-3-6-15(21)10-13;/h2-7,10,14,16-17,27H,8-9,11,22H2,1H3;1H/t14-,16+,17+;/m0./s1. The molecule has 0 bridgehead atoms. The number of hydrogen-bond acceptors (Lipinski definition) is 5. The number of benzene rings is 1. The minimum absolute atomic E-state index is 0. The van der Waals surface area contributed by atoms with Crippen LogP contribution < -0.4 is 5.73 Å². The molecule has 1 saturated carbocycles. The van der Waals surface area contributed by atoms with Crippen molar-refractivity contribution in [3.8, 4) is 17.2 Å². The molecule has 0 saturated heterocycles. The molecule has 2 heterocycles. The summed E-state index contributed by atoms with van der Waals surface area (Å²) >= 11 is 0. The van der Waals surface area contributed by atoms with E-state index in [1.165, 1.54) is 12.1 Å². The van der Waals surface area contributed by atoms with Gasteiger partial charge in [-0.3, -0.25) is 0 Å².